The fourth-order valence-electron chi connectivity index (χ4n) is 2.13. The number of anilines is 1. The second-order valence-corrected chi connectivity index (χ2v) is 4.65. The summed E-state index contributed by atoms with van der Waals surface area (Å²) in [5.41, 5.74) is 6.96. The van der Waals surface area contributed by atoms with Crippen LogP contribution >= 0.6 is 11.6 Å². The van der Waals surface area contributed by atoms with Gasteiger partial charge in [0.2, 0.25) is 0 Å². The molecule has 2 N–H and O–H groups in total. The summed E-state index contributed by atoms with van der Waals surface area (Å²) < 4.78 is 0. The summed E-state index contributed by atoms with van der Waals surface area (Å²) in [6.07, 6.45) is 6.26. The van der Waals surface area contributed by atoms with E-state index >= 15 is 0 Å². The largest absolute Gasteiger partial charge is 0.383 e. The van der Waals surface area contributed by atoms with Crippen LogP contribution in [0.15, 0.2) is 18.3 Å². The van der Waals surface area contributed by atoms with Crippen molar-refractivity contribution in [3.63, 3.8) is 0 Å². The average Bonchev–Trinajstić information content (AvgIpc) is 2.56. The van der Waals surface area contributed by atoms with E-state index in [9.17, 15) is 0 Å². The number of halogens is 1. The van der Waals surface area contributed by atoms with Crippen molar-refractivity contribution in [2.75, 3.05) is 5.73 Å². The molecule has 0 aliphatic heterocycles. The maximum Gasteiger partial charge on any atom is 0.126 e. The third kappa shape index (κ3) is 2.18. The minimum absolute atomic E-state index is 0.373. The summed E-state index contributed by atoms with van der Waals surface area (Å²) in [7, 11) is 0. The lowest BCUT2D eigenvalue weighted by atomic mass is 9.98. The van der Waals surface area contributed by atoms with Gasteiger partial charge in [-0.25, -0.2) is 4.98 Å². The molecule has 1 fully saturated rings. The van der Waals surface area contributed by atoms with Crippen LogP contribution in [-0.4, -0.2) is 10.4 Å². The molecule has 1 aromatic heterocycles. The van der Waals surface area contributed by atoms with Crippen LogP contribution in [0.2, 0.25) is 0 Å². The quantitative estimate of drug-likeness (QED) is 0.763. The molecular formula is C11H15ClN2. The number of rotatable bonds is 2. The summed E-state index contributed by atoms with van der Waals surface area (Å²) in [5.74, 6) is 1.37. The molecule has 0 bridgehead atoms. The van der Waals surface area contributed by atoms with Crippen LogP contribution in [0.5, 0.6) is 0 Å². The van der Waals surface area contributed by atoms with Crippen LogP contribution in [0.3, 0.4) is 0 Å². The zero-order valence-electron chi connectivity index (χ0n) is 8.12. The van der Waals surface area contributed by atoms with Gasteiger partial charge in [-0.15, -0.1) is 11.6 Å². The second-order valence-electron chi connectivity index (χ2n) is 4.03. The Hall–Kier alpha value is -0.760. The van der Waals surface area contributed by atoms with Gasteiger partial charge in [-0.05, 0) is 43.2 Å². The van der Waals surface area contributed by atoms with E-state index < -0.39 is 0 Å². The molecule has 2 unspecified atom stereocenters. The second kappa shape index (κ2) is 4.18. The first-order valence-electron chi connectivity index (χ1n) is 5.09. The Morgan fingerprint density at radius 3 is 3.00 bits per heavy atom. The minimum atomic E-state index is 0.373. The number of hydrogen-bond donors (Lipinski definition) is 1. The molecule has 1 saturated carbocycles. The molecule has 1 heterocycles. The van der Waals surface area contributed by atoms with Gasteiger partial charge in [0, 0.05) is 11.6 Å². The molecule has 0 amide bonds. The van der Waals surface area contributed by atoms with Crippen molar-refractivity contribution < 1.29 is 0 Å². The Morgan fingerprint density at radius 1 is 1.50 bits per heavy atom. The van der Waals surface area contributed by atoms with E-state index in [1.807, 2.05) is 6.07 Å². The summed E-state index contributed by atoms with van der Waals surface area (Å²) >= 11 is 6.07. The lowest BCUT2D eigenvalue weighted by Gasteiger charge is -2.10. The summed E-state index contributed by atoms with van der Waals surface area (Å²) in [4.78, 5) is 4.08. The zero-order valence-corrected chi connectivity index (χ0v) is 8.87. The highest BCUT2D eigenvalue weighted by molar-refractivity contribution is 6.20. The van der Waals surface area contributed by atoms with E-state index in [2.05, 4.69) is 11.1 Å². The molecule has 0 aromatic carbocycles. The van der Waals surface area contributed by atoms with Gasteiger partial charge >= 0.3 is 0 Å². The van der Waals surface area contributed by atoms with Gasteiger partial charge in [0.15, 0.2) is 0 Å². The fourth-order valence-corrected chi connectivity index (χ4v) is 2.51. The summed E-state index contributed by atoms with van der Waals surface area (Å²) in [6.45, 7) is 0. The summed E-state index contributed by atoms with van der Waals surface area (Å²) in [5, 5.41) is 0.373. The van der Waals surface area contributed by atoms with E-state index in [4.69, 9.17) is 17.3 Å². The first-order valence-corrected chi connectivity index (χ1v) is 5.53. The fraction of sp³-hybridized carbons (Fsp3) is 0.545. The first kappa shape index (κ1) is 9.78. The van der Waals surface area contributed by atoms with E-state index in [0.29, 0.717) is 17.1 Å². The normalized spacial score (nSPS) is 26.6. The number of nitrogens with zero attached hydrogens (tertiary/aromatic N) is 1. The molecular weight excluding hydrogens is 196 g/mol. The molecule has 2 nitrogen and oxygen atoms in total. The summed E-state index contributed by atoms with van der Waals surface area (Å²) in [6, 6.07) is 4.00. The molecule has 0 spiro atoms. The van der Waals surface area contributed by atoms with Gasteiger partial charge in [0.1, 0.15) is 5.82 Å². The van der Waals surface area contributed by atoms with Gasteiger partial charge in [0.05, 0.1) is 0 Å². The maximum absolute atomic E-state index is 6.07. The number of pyridine rings is 1. The molecule has 1 aliphatic carbocycles. The molecule has 14 heavy (non-hydrogen) atoms. The maximum atomic E-state index is 6.07. The van der Waals surface area contributed by atoms with Gasteiger partial charge in [-0.1, -0.05) is 6.07 Å². The molecule has 76 valence electrons. The number of aromatic nitrogens is 1. The number of hydrogen-bond acceptors (Lipinski definition) is 2. The molecule has 2 rings (SSSR count). The van der Waals surface area contributed by atoms with E-state index in [1.54, 1.807) is 6.20 Å². The molecule has 0 saturated heterocycles. The average molecular weight is 211 g/mol. The van der Waals surface area contributed by atoms with E-state index in [1.165, 1.54) is 12.0 Å². The van der Waals surface area contributed by atoms with Crippen LogP contribution in [0.4, 0.5) is 5.82 Å². The van der Waals surface area contributed by atoms with Gasteiger partial charge in [0.25, 0.3) is 0 Å². The Bertz CT molecular complexity index is 314. The van der Waals surface area contributed by atoms with Crippen molar-refractivity contribution in [2.45, 2.75) is 31.1 Å². The van der Waals surface area contributed by atoms with E-state index in [-0.39, 0.29) is 0 Å². The third-order valence-electron chi connectivity index (χ3n) is 2.91. The van der Waals surface area contributed by atoms with Crippen LogP contribution in [0.1, 0.15) is 24.8 Å². The molecule has 3 heteroatoms. The van der Waals surface area contributed by atoms with Crippen LogP contribution in [-0.2, 0) is 6.42 Å². The third-order valence-corrected chi connectivity index (χ3v) is 3.31. The van der Waals surface area contributed by atoms with Gasteiger partial charge < -0.3 is 5.73 Å². The predicted molar refractivity (Wildman–Crippen MR) is 59.3 cm³/mol. The molecule has 1 aliphatic rings. The van der Waals surface area contributed by atoms with Crippen LogP contribution in [0, 0.1) is 5.92 Å². The van der Waals surface area contributed by atoms with Crippen LogP contribution < -0.4 is 5.73 Å². The highest BCUT2D eigenvalue weighted by Gasteiger charge is 2.23. The highest BCUT2D eigenvalue weighted by Crippen LogP contribution is 2.32. The zero-order chi connectivity index (χ0) is 9.97. The van der Waals surface area contributed by atoms with Crippen molar-refractivity contribution in [3.8, 4) is 0 Å². The van der Waals surface area contributed by atoms with Gasteiger partial charge in [-0.2, -0.15) is 0 Å². The highest BCUT2D eigenvalue weighted by atomic mass is 35.5. The van der Waals surface area contributed by atoms with Crippen molar-refractivity contribution in [1.29, 1.82) is 0 Å². The Balaban J connectivity index is 2.01. The number of nitrogen functional groups attached to an aromatic ring is 1. The monoisotopic (exact) mass is 210 g/mol. The Morgan fingerprint density at radius 2 is 2.36 bits per heavy atom. The minimum Gasteiger partial charge on any atom is -0.383 e. The smallest absolute Gasteiger partial charge is 0.126 e. The van der Waals surface area contributed by atoms with Crippen molar-refractivity contribution in [3.05, 3.63) is 23.9 Å². The van der Waals surface area contributed by atoms with Crippen molar-refractivity contribution in [2.24, 2.45) is 5.92 Å². The number of alkyl halides is 1. The van der Waals surface area contributed by atoms with E-state index in [0.717, 1.165) is 19.3 Å². The Labute approximate surface area is 89.5 Å². The van der Waals surface area contributed by atoms with Gasteiger partial charge in [-0.3, -0.25) is 0 Å². The molecule has 1 aromatic rings. The van der Waals surface area contributed by atoms with Crippen LogP contribution in [0.25, 0.3) is 0 Å². The topological polar surface area (TPSA) is 38.9 Å². The first-order chi connectivity index (χ1) is 6.75. The lowest BCUT2D eigenvalue weighted by Crippen LogP contribution is -2.04. The van der Waals surface area contributed by atoms with Crippen molar-refractivity contribution in [1.82, 2.24) is 4.98 Å². The molecule has 0 radical (unpaired) electrons. The Kier molecular flexibility index (Phi) is 2.92. The predicted octanol–water partition coefficient (Wildman–Crippen LogP) is 2.61. The lowest BCUT2D eigenvalue weighted by molar-refractivity contribution is 0.547. The van der Waals surface area contributed by atoms with Crippen molar-refractivity contribution >= 4 is 17.4 Å². The standard InChI is InChI=1S/C11H15ClN2/c12-10-4-3-8(7-10)6-9-2-1-5-14-11(9)13/h1-2,5,8,10H,3-4,6-7H2,(H2,13,14). The SMILES string of the molecule is Nc1ncccc1CC1CCC(Cl)C1. The number of nitrogens with two attached hydrogens (primary N) is 1. The molecule has 2 atom stereocenters.